The Morgan fingerprint density at radius 1 is 1.19 bits per heavy atom. The molecule has 3 rings (SSSR count). The number of aromatic amines is 1. The third-order valence-electron chi connectivity index (χ3n) is 3.42. The summed E-state index contributed by atoms with van der Waals surface area (Å²) in [6.07, 6.45) is -4.44. The number of halogens is 3. The van der Waals surface area contributed by atoms with Crippen LogP contribution in [0.5, 0.6) is 0 Å². The van der Waals surface area contributed by atoms with Gasteiger partial charge in [0.25, 0.3) is 5.56 Å². The molecule has 1 aliphatic rings. The highest BCUT2D eigenvalue weighted by Gasteiger charge is 2.30. The first-order valence-electron chi connectivity index (χ1n) is 6.52. The number of hydrogen-bond acceptors (Lipinski definition) is 4. The quantitative estimate of drug-likeness (QED) is 0.834. The lowest BCUT2D eigenvalue weighted by Gasteiger charge is -2.27. The van der Waals surface area contributed by atoms with Crippen molar-refractivity contribution < 1.29 is 13.2 Å². The van der Waals surface area contributed by atoms with Crippen molar-refractivity contribution in [1.29, 1.82) is 0 Å². The summed E-state index contributed by atoms with van der Waals surface area (Å²) in [5.74, 6) is 0.253. The van der Waals surface area contributed by atoms with Crippen molar-refractivity contribution in [2.24, 2.45) is 0 Å². The van der Waals surface area contributed by atoms with E-state index in [1.165, 1.54) is 6.07 Å². The van der Waals surface area contributed by atoms with E-state index < -0.39 is 17.3 Å². The maximum absolute atomic E-state index is 12.7. The number of rotatable bonds is 1. The van der Waals surface area contributed by atoms with Crippen LogP contribution in [0, 0.1) is 0 Å². The third kappa shape index (κ3) is 2.71. The molecule has 0 bridgehead atoms. The van der Waals surface area contributed by atoms with E-state index in [0.29, 0.717) is 18.6 Å². The molecular formula is C13H13F3N4O. The van der Waals surface area contributed by atoms with Crippen LogP contribution in [-0.2, 0) is 6.18 Å². The predicted octanol–water partition coefficient (Wildman–Crippen LogP) is 1.35. The second kappa shape index (κ2) is 5.03. The van der Waals surface area contributed by atoms with Gasteiger partial charge in [-0.2, -0.15) is 13.2 Å². The summed E-state index contributed by atoms with van der Waals surface area (Å²) in [4.78, 5) is 20.6. The molecule has 5 nitrogen and oxygen atoms in total. The van der Waals surface area contributed by atoms with Gasteiger partial charge in [-0.15, -0.1) is 0 Å². The normalized spacial score (nSPS) is 16.4. The van der Waals surface area contributed by atoms with Gasteiger partial charge in [-0.3, -0.25) is 4.79 Å². The maximum Gasteiger partial charge on any atom is 0.416 e. The molecule has 0 atom stereocenters. The van der Waals surface area contributed by atoms with E-state index >= 15 is 0 Å². The first kappa shape index (κ1) is 13.9. The van der Waals surface area contributed by atoms with Gasteiger partial charge in [0.05, 0.1) is 16.6 Å². The van der Waals surface area contributed by atoms with Gasteiger partial charge in [0.2, 0.25) is 0 Å². The highest BCUT2D eigenvalue weighted by Crippen LogP contribution is 2.30. The zero-order chi connectivity index (χ0) is 15.0. The summed E-state index contributed by atoms with van der Waals surface area (Å²) in [6.45, 7) is 2.77. The Morgan fingerprint density at radius 2 is 1.90 bits per heavy atom. The number of fused-ring (bicyclic) bond motifs is 1. The van der Waals surface area contributed by atoms with Crippen LogP contribution >= 0.6 is 0 Å². The Morgan fingerprint density at radius 3 is 2.57 bits per heavy atom. The number of H-pyrrole nitrogens is 1. The molecule has 0 aliphatic carbocycles. The lowest BCUT2D eigenvalue weighted by atomic mass is 10.2. The van der Waals surface area contributed by atoms with Gasteiger partial charge in [-0.1, -0.05) is 0 Å². The fraction of sp³-hybridized carbons (Fsp3) is 0.385. The highest BCUT2D eigenvalue weighted by molar-refractivity contribution is 5.76. The summed E-state index contributed by atoms with van der Waals surface area (Å²) in [5.41, 5.74) is -0.837. The fourth-order valence-electron chi connectivity index (χ4n) is 2.34. The van der Waals surface area contributed by atoms with E-state index in [-0.39, 0.29) is 11.3 Å². The smallest absolute Gasteiger partial charge is 0.349 e. The van der Waals surface area contributed by atoms with Crippen LogP contribution in [0.2, 0.25) is 0 Å². The average Bonchev–Trinajstić information content (AvgIpc) is 2.46. The van der Waals surface area contributed by atoms with E-state index in [1.807, 2.05) is 4.90 Å². The minimum atomic E-state index is -4.44. The summed E-state index contributed by atoms with van der Waals surface area (Å²) in [6, 6.07) is 3.15. The molecule has 0 unspecified atom stereocenters. The maximum atomic E-state index is 12.7. The lowest BCUT2D eigenvalue weighted by Crippen LogP contribution is -2.45. The summed E-state index contributed by atoms with van der Waals surface area (Å²) in [5, 5.41) is 3.16. The topological polar surface area (TPSA) is 61.0 Å². The van der Waals surface area contributed by atoms with Crippen molar-refractivity contribution in [3.63, 3.8) is 0 Å². The van der Waals surface area contributed by atoms with Crippen molar-refractivity contribution in [3.8, 4) is 0 Å². The van der Waals surface area contributed by atoms with E-state index in [9.17, 15) is 18.0 Å². The summed E-state index contributed by atoms with van der Waals surface area (Å²) in [7, 11) is 0. The van der Waals surface area contributed by atoms with Crippen LogP contribution < -0.4 is 15.8 Å². The molecule has 1 aromatic heterocycles. The zero-order valence-electron chi connectivity index (χ0n) is 11.0. The Labute approximate surface area is 117 Å². The van der Waals surface area contributed by atoms with Crippen molar-refractivity contribution in [2.45, 2.75) is 6.18 Å². The van der Waals surface area contributed by atoms with Gasteiger partial charge in [-0.05, 0) is 18.2 Å². The Hall–Kier alpha value is -2.09. The molecule has 112 valence electrons. The molecule has 0 spiro atoms. The standard InChI is InChI=1S/C13H13F3N4O/c14-13(15,16)8-1-2-9-10(7-8)19-12(21)11(18-9)20-5-3-17-4-6-20/h1-2,7,17H,3-6H2,(H,19,21). The Kier molecular flexibility index (Phi) is 3.32. The number of nitrogens with one attached hydrogen (secondary N) is 2. The van der Waals surface area contributed by atoms with Gasteiger partial charge >= 0.3 is 6.18 Å². The van der Waals surface area contributed by atoms with Crippen LogP contribution in [-0.4, -0.2) is 36.1 Å². The molecular weight excluding hydrogens is 285 g/mol. The molecule has 1 fully saturated rings. The average molecular weight is 298 g/mol. The Bertz CT molecular complexity index is 719. The van der Waals surface area contributed by atoms with Gasteiger partial charge in [0, 0.05) is 26.2 Å². The number of aromatic nitrogens is 2. The summed E-state index contributed by atoms with van der Waals surface area (Å²) < 4.78 is 38.0. The number of nitrogens with zero attached hydrogens (tertiary/aromatic N) is 2. The predicted molar refractivity (Wildman–Crippen MR) is 72.4 cm³/mol. The number of alkyl halides is 3. The lowest BCUT2D eigenvalue weighted by molar-refractivity contribution is -0.137. The second-order valence-corrected chi connectivity index (χ2v) is 4.86. The Balaban J connectivity index is 2.06. The number of anilines is 1. The van der Waals surface area contributed by atoms with Crippen molar-refractivity contribution >= 4 is 16.9 Å². The highest BCUT2D eigenvalue weighted by atomic mass is 19.4. The minimum absolute atomic E-state index is 0.0914. The van der Waals surface area contributed by atoms with Crippen LogP contribution in [0.1, 0.15) is 5.56 Å². The van der Waals surface area contributed by atoms with E-state index in [0.717, 1.165) is 25.2 Å². The van der Waals surface area contributed by atoms with Crippen LogP contribution in [0.4, 0.5) is 19.0 Å². The van der Waals surface area contributed by atoms with Crippen LogP contribution in [0.15, 0.2) is 23.0 Å². The van der Waals surface area contributed by atoms with Gasteiger partial charge < -0.3 is 15.2 Å². The monoisotopic (exact) mass is 298 g/mol. The van der Waals surface area contributed by atoms with Gasteiger partial charge in [0.1, 0.15) is 0 Å². The second-order valence-electron chi connectivity index (χ2n) is 4.86. The fourth-order valence-corrected chi connectivity index (χ4v) is 2.34. The van der Waals surface area contributed by atoms with Crippen LogP contribution in [0.3, 0.4) is 0 Å². The molecule has 0 saturated carbocycles. The first-order chi connectivity index (χ1) is 9.95. The molecule has 21 heavy (non-hydrogen) atoms. The number of hydrogen-bond donors (Lipinski definition) is 2. The van der Waals surface area contributed by atoms with Crippen LogP contribution in [0.25, 0.3) is 11.0 Å². The summed E-state index contributed by atoms with van der Waals surface area (Å²) >= 11 is 0. The molecule has 8 heteroatoms. The van der Waals surface area contributed by atoms with Crippen molar-refractivity contribution in [3.05, 3.63) is 34.1 Å². The number of piperazine rings is 1. The van der Waals surface area contributed by atoms with Crippen molar-refractivity contribution in [1.82, 2.24) is 15.3 Å². The first-order valence-corrected chi connectivity index (χ1v) is 6.52. The minimum Gasteiger partial charge on any atom is -0.349 e. The van der Waals surface area contributed by atoms with Gasteiger partial charge in [-0.25, -0.2) is 4.98 Å². The molecule has 0 radical (unpaired) electrons. The molecule has 1 aliphatic heterocycles. The molecule has 1 aromatic carbocycles. The molecule has 2 aromatic rings. The molecule has 2 heterocycles. The SMILES string of the molecule is O=c1[nH]c2cc(C(F)(F)F)ccc2nc1N1CCNCC1. The molecule has 2 N–H and O–H groups in total. The number of benzene rings is 1. The van der Waals surface area contributed by atoms with E-state index in [1.54, 1.807) is 0 Å². The largest absolute Gasteiger partial charge is 0.416 e. The molecule has 1 saturated heterocycles. The molecule has 0 amide bonds. The van der Waals surface area contributed by atoms with Crippen molar-refractivity contribution in [2.75, 3.05) is 31.1 Å². The van der Waals surface area contributed by atoms with Gasteiger partial charge in [0.15, 0.2) is 5.82 Å². The van der Waals surface area contributed by atoms with E-state index in [2.05, 4.69) is 15.3 Å². The zero-order valence-corrected chi connectivity index (χ0v) is 11.0. The third-order valence-corrected chi connectivity index (χ3v) is 3.42. The van der Waals surface area contributed by atoms with E-state index in [4.69, 9.17) is 0 Å².